The quantitative estimate of drug-likeness (QED) is 0.903. The molecule has 1 saturated heterocycles. The van der Waals surface area contributed by atoms with Gasteiger partial charge in [-0.1, -0.05) is 5.16 Å². The molecule has 1 aliphatic heterocycles. The maximum atomic E-state index is 5.67. The summed E-state index contributed by atoms with van der Waals surface area (Å²) in [6.07, 6.45) is 1.87. The summed E-state index contributed by atoms with van der Waals surface area (Å²) in [4.78, 5) is 14.4. The number of hydrogen-bond acceptors (Lipinski definition) is 8. The van der Waals surface area contributed by atoms with Gasteiger partial charge in [0.1, 0.15) is 0 Å². The number of anilines is 1. The molecular formula is C13H21ClN6OS. The molecule has 0 spiro atoms. The zero-order chi connectivity index (χ0) is 14.8. The minimum atomic E-state index is 0. The van der Waals surface area contributed by atoms with Crippen LogP contribution in [0.4, 0.5) is 5.13 Å². The van der Waals surface area contributed by atoms with Gasteiger partial charge in [-0.15, -0.1) is 23.7 Å². The van der Waals surface area contributed by atoms with E-state index < -0.39 is 0 Å². The Balaban J connectivity index is 0.00000176. The highest BCUT2D eigenvalue weighted by atomic mass is 35.5. The standard InChI is InChI=1S/C13H20N6OS.ClH/c1-9(12-16-10(2)17-20-12)19-5-3-18(4-6-19)8-11-7-15-13(14)21-11;/h7,9H,3-6,8H2,1-2H3,(H2,14,15);1H. The molecule has 2 aromatic heterocycles. The number of nitrogens with two attached hydrogens (primary N) is 1. The van der Waals surface area contributed by atoms with E-state index in [1.165, 1.54) is 4.88 Å². The van der Waals surface area contributed by atoms with E-state index in [0.29, 0.717) is 16.8 Å². The molecule has 2 N–H and O–H groups in total. The summed E-state index contributed by atoms with van der Waals surface area (Å²) < 4.78 is 5.27. The number of aromatic nitrogens is 3. The summed E-state index contributed by atoms with van der Waals surface area (Å²) in [5.41, 5.74) is 5.67. The van der Waals surface area contributed by atoms with Gasteiger partial charge in [-0.2, -0.15) is 4.98 Å². The number of piperazine rings is 1. The predicted octanol–water partition coefficient (Wildman–Crippen LogP) is 1.72. The Morgan fingerprint density at radius 2 is 2.09 bits per heavy atom. The van der Waals surface area contributed by atoms with E-state index in [2.05, 4.69) is 31.8 Å². The van der Waals surface area contributed by atoms with Crippen molar-refractivity contribution in [3.63, 3.8) is 0 Å². The summed E-state index contributed by atoms with van der Waals surface area (Å²) in [5, 5.41) is 4.51. The molecule has 0 radical (unpaired) electrons. The molecule has 2 aromatic rings. The second-order valence-electron chi connectivity index (χ2n) is 5.33. The first-order chi connectivity index (χ1) is 10.1. The zero-order valence-electron chi connectivity index (χ0n) is 12.7. The molecule has 22 heavy (non-hydrogen) atoms. The molecule has 0 aromatic carbocycles. The fraction of sp³-hybridized carbons (Fsp3) is 0.615. The lowest BCUT2D eigenvalue weighted by Crippen LogP contribution is -2.46. The van der Waals surface area contributed by atoms with E-state index >= 15 is 0 Å². The van der Waals surface area contributed by atoms with Gasteiger partial charge in [0, 0.05) is 43.8 Å². The zero-order valence-corrected chi connectivity index (χ0v) is 14.4. The summed E-state index contributed by atoms with van der Waals surface area (Å²) >= 11 is 1.57. The van der Waals surface area contributed by atoms with Gasteiger partial charge in [-0.3, -0.25) is 9.80 Å². The molecule has 3 rings (SSSR count). The molecule has 1 unspecified atom stereocenters. The molecule has 0 saturated carbocycles. The molecule has 3 heterocycles. The van der Waals surface area contributed by atoms with E-state index in [0.717, 1.165) is 32.7 Å². The molecule has 0 bridgehead atoms. The van der Waals surface area contributed by atoms with Crippen molar-refractivity contribution in [1.29, 1.82) is 0 Å². The number of thiazole rings is 1. The normalized spacial score (nSPS) is 18.1. The Bertz CT molecular complexity index is 595. The third kappa shape index (κ3) is 3.95. The van der Waals surface area contributed by atoms with Gasteiger partial charge in [-0.25, -0.2) is 4.98 Å². The lowest BCUT2D eigenvalue weighted by molar-refractivity contribution is 0.0850. The Morgan fingerprint density at radius 3 is 2.64 bits per heavy atom. The van der Waals surface area contributed by atoms with E-state index in [4.69, 9.17) is 10.3 Å². The van der Waals surface area contributed by atoms with Gasteiger partial charge in [0.15, 0.2) is 11.0 Å². The average molecular weight is 345 g/mol. The highest BCUT2D eigenvalue weighted by molar-refractivity contribution is 7.15. The van der Waals surface area contributed by atoms with Crippen molar-refractivity contribution >= 4 is 28.9 Å². The van der Waals surface area contributed by atoms with Crippen LogP contribution in [0.1, 0.15) is 29.6 Å². The third-order valence-corrected chi connectivity index (χ3v) is 4.62. The summed E-state index contributed by atoms with van der Waals surface area (Å²) in [5.74, 6) is 1.40. The molecule has 0 aliphatic carbocycles. The Morgan fingerprint density at radius 1 is 1.36 bits per heavy atom. The van der Waals surface area contributed by atoms with Crippen LogP contribution in [-0.2, 0) is 6.54 Å². The molecule has 0 amide bonds. The van der Waals surface area contributed by atoms with Gasteiger partial charge >= 0.3 is 0 Å². The van der Waals surface area contributed by atoms with Crippen molar-refractivity contribution in [3.05, 3.63) is 22.8 Å². The van der Waals surface area contributed by atoms with Crippen LogP contribution in [0.5, 0.6) is 0 Å². The minimum absolute atomic E-state index is 0. The van der Waals surface area contributed by atoms with Crippen LogP contribution in [0.2, 0.25) is 0 Å². The first-order valence-electron chi connectivity index (χ1n) is 7.08. The first kappa shape index (κ1) is 17.1. The average Bonchev–Trinajstić information content (AvgIpc) is 3.08. The van der Waals surface area contributed by atoms with Crippen molar-refractivity contribution in [1.82, 2.24) is 24.9 Å². The lowest BCUT2D eigenvalue weighted by Gasteiger charge is -2.36. The van der Waals surface area contributed by atoms with E-state index in [1.807, 2.05) is 13.1 Å². The van der Waals surface area contributed by atoms with Crippen molar-refractivity contribution in [2.24, 2.45) is 0 Å². The molecule has 1 atom stereocenters. The van der Waals surface area contributed by atoms with Crippen molar-refractivity contribution < 1.29 is 4.52 Å². The van der Waals surface area contributed by atoms with Gasteiger partial charge in [-0.05, 0) is 13.8 Å². The van der Waals surface area contributed by atoms with Crippen molar-refractivity contribution in [3.8, 4) is 0 Å². The van der Waals surface area contributed by atoms with Gasteiger partial charge < -0.3 is 10.3 Å². The van der Waals surface area contributed by atoms with Crippen LogP contribution in [0.3, 0.4) is 0 Å². The van der Waals surface area contributed by atoms with Gasteiger partial charge in [0.2, 0.25) is 5.89 Å². The van der Waals surface area contributed by atoms with E-state index in [1.54, 1.807) is 11.3 Å². The fourth-order valence-electron chi connectivity index (χ4n) is 2.56. The number of halogens is 1. The molecule has 9 heteroatoms. The van der Waals surface area contributed by atoms with Crippen molar-refractivity contribution in [2.75, 3.05) is 31.9 Å². The number of nitrogens with zero attached hydrogens (tertiary/aromatic N) is 5. The number of aryl methyl sites for hydroxylation is 1. The summed E-state index contributed by atoms with van der Waals surface area (Å²) in [7, 11) is 0. The lowest BCUT2D eigenvalue weighted by atomic mass is 10.2. The number of nitrogen functional groups attached to an aromatic ring is 1. The van der Waals surface area contributed by atoms with Gasteiger partial charge in [0.25, 0.3) is 0 Å². The van der Waals surface area contributed by atoms with E-state index in [-0.39, 0.29) is 18.4 Å². The SMILES string of the molecule is Cc1noc(C(C)N2CCN(Cc3cnc(N)s3)CC2)n1.Cl. The summed E-state index contributed by atoms with van der Waals surface area (Å²) in [6.45, 7) is 8.93. The third-order valence-electron chi connectivity index (χ3n) is 3.81. The molecular weight excluding hydrogens is 324 g/mol. The van der Waals surface area contributed by atoms with Gasteiger partial charge in [0.05, 0.1) is 6.04 Å². The topological polar surface area (TPSA) is 84.3 Å². The highest BCUT2D eigenvalue weighted by Crippen LogP contribution is 2.22. The first-order valence-corrected chi connectivity index (χ1v) is 7.90. The Labute approximate surface area is 139 Å². The van der Waals surface area contributed by atoms with Crippen LogP contribution in [0, 0.1) is 6.92 Å². The fourth-order valence-corrected chi connectivity index (χ4v) is 3.29. The maximum Gasteiger partial charge on any atom is 0.243 e. The maximum absolute atomic E-state index is 5.67. The number of hydrogen-bond donors (Lipinski definition) is 1. The highest BCUT2D eigenvalue weighted by Gasteiger charge is 2.25. The Kier molecular flexibility index (Phi) is 5.74. The van der Waals surface area contributed by atoms with Crippen LogP contribution in [0.15, 0.2) is 10.7 Å². The Hall–Kier alpha value is -1.22. The monoisotopic (exact) mass is 344 g/mol. The van der Waals surface area contributed by atoms with Crippen LogP contribution < -0.4 is 5.73 Å². The second-order valence-corrected chi connectivity index (χ2v) is 6.48. The van der Waals surface area contributed by atoms with Crippen LogP contribution >= 0.6 is 23.7 Å². The minimum Gasteiger partial charge on any atom is -0.375 e. The molecule has 1 aliphatic rings. The van der Waals surface area contributed by atoms with Crippen molar-refractivity contribution in [2.45, 2.75) is 26.4 Å². The predicted molar refractivity (Wildman–Crippen MR) is 88.1 cm³/mol. The molecule has 1 fully saturated rings. The molecule has 122 valence electrons. The summed E-state index contributed by atoms with van der Waals surface area (Å²) in [6, 6.07) is 0.174. The molecule has 7 nitrogen and oxygen atoms in total. The largest absolute Gasteiger partial charge is 0.375 e. The second kappa shape index (κ2) is 7.36. The van der Waals surface area contributed by atoms with Crippen LogP contribution in [0.25, 0.3) is 0 Å². The number of rotatable bonds is 4. The van der Waals surface area contributed by atoms with E-state index in [9.17, 15) is 0 Å². The van der Waals surface area contributed by atoms with Crippen LogP contribution in [-0.4, -0.2) is 51.1 Å². The smallest absolute Gasteiger partial charge is 0.243 e.